The van der Waals surface area contributed by atoms with Crippen molar-refractivity contribution in [3.8, 4) is 5.75 Å². The summed E-state index contributed by atoms with van der Waals surface area (Å²) >= 11 is 0. The Morgan fingerprint density at radius 2 is 1.93 bits per heavy atom. The van der Waals surface area contributed by atoms with E-state index in [0.29, 0.717) is 19.0 Å². The summed E-state index contributed by atoms with van der Waals surface area (Å²) < 4.78 is 19.2. The minimum absolute atomic E-state index is 0. The Labute approximate surface area is 177 Å². The number of hydrogen-bond donors (Lipinski definition) is 2. The van der Waals surface area contributed by atoms with Crippen molar-refractivity contribution in [2.75, 3.05) is 32.6 Å². The third kappa shape index (κ3) is 7.58. The molecule has 0 saturated carbocycles. The Morgan fingerprint density at radius 3 is 2.59 bits per heavy atom. The summed E-state index contributed by atoms with van der Waals surface area (Å²) in [6, 6.07) is 12.3. The lowest BCUT2D eigenvalue weighted by molar-refractivity contribution is 0.214. The highest BCUT2D eigenvalue weighted by atomic mass is 127. The van der Waals surface area contributed by atoms with Crippen molar-refractivity contribution in [1.29, 1.82) is 0 Å². The van der Waals surface area contributed by atoms with Gasteiger partial charge < -0.3 is 20.3 Å². The number of nitrogens with zero attached hydrogens (tertiary/aromatic N) is 3. The molecule has 27 heavy (non-hydrogen) atoms. The van der Waals surface area contributed by atoms with Crippen LogP contribution in [0, 0.1) is 5.82 Å². The van der Waals surface area contributed by atoms with E-state index >= 15 is 0 Å². The molecular formula is C19H27FIN5O. The van der Waals surface area contributed by atoms with Gasteiger partial charge in [0.1, 0.15) is 11.9 Å². The Hall–Kier alpha value is -2.10. The smallest absolute Gasteiger partial charge is 0.191 e. The summed E-state index contributed by atoms with van der Waals surface area (Å²) in [5.41, 5.74) is 0.912. The summed E-state index contributed by atoms with van der Waals surface area (Å²) in [6.45, 7) is 2.90. The first-order valence-electron chi connectivity index (χ1n) is 8.48. The van der Waals surface area contributed by atoms with E-state index in [4.69, 9.17) is 4.74 Å². The summed E-state index contributed by atoms with van der Waals surface area (Å²) in [5, 5.41) is 6.38. The highest BCUT2D eigenvalue weighted by molar-refractivity contribution is 14.0. The van der Waals surface area contributed by atoms with Crippen molar-refractivity contribution in [3.63, 3.8) is 0 Å². The molecule has 0 aliphatic heterocycles. The summed E-state index contributed by atoms with van der Waals surface area (Å²) in [6.07, 6.45) is -0.222. The zero-order chi connectivity index (χ0) is 18.9. The lowest BCUT2D eigenvalue weighted by atomic mass is 10.3. The maximum atomic E-state index is 13.6. The van der Waals surface area contributed by atoms with Gasteiger partial charge in [0.05, 0.1) is 18.8 Å². The lowest BCUT2D eigenvalue weighted by Gasteiger charge is -2.18. The van der Waals surface area contributed by atoms with Crippen LogP contribution < -0.4 is 20.3 Å². The molecule has 6 nitrogen and oxygen atoms in total. The van der Waals surface area contributed by atoms with Crippen LogP contribution in [0.2, 0.25) is 0 Å². The minimum Gasteiger partial charge on any atom is -0.486 e. The van der Waals surface area contributed by atoms with Crippen LogP contribution in [0.3, 0.4) is 0 Å². The molecule has 1 unspecified atom stereocenters. The molecule has 0 saturated heterocycles. The predicted molar refractivity (Wildman–Crippen MR) is 119 cm³/mol. The van der Waals surface area contributed by atoms with Crippen LogP contribution in [-0.4, -0.2) is 44.7 Å². The van der Waals surface area contributed by atoms with E-state index in [1.54, 1.807) is 25.2 Å². The van der Waals surface area contributed by atoms with Crippen molar-refractivity contribution in [2.45, 2.75) is 19.6 Å². The molecule has 0 spiro atoms. The second-order valence-corrected chi connectivity index (χ2v) is 6.05. The van der Waals surface area contributed by atoms with Crippen LogP contribution >= 0.6 is 24.0 Å². The average Bonchev–Trinajstić information content (AvgIpc) is 2.64. The Kier molecular flexibility index (Phi) is 9.84. The molecule has 0 aliphatic rings. The van der Waals surface area contributed by atoms with Crippen molar-refractivity contribution in [2.24, 2.45) is 4.99 Å². The van der Waals surface area contributed by atoms with E-state index < -0.39 is 0 Å². The van der Waals surface area contributed by atoms with Crippen LogP contribution in [0.25, 0.3) is 0 Å². The summed E-state index contributed by atoms with van der Waals surface area (Å²) in [5.74, 6) is 1.41. The van der Waals surface area contributed by atoms with Gasteiger partial charge in [-0.2, -0.15) is 0 Å². The Balaban J connectivity index is 0.00000364. The number of guanidine groups is 1. The molecule has 2 N–H and O–H groups in total. The molecule has 0 aliphatic carbocycles. The number of benzene rings is 1. The largest absolute Gasteiger partial charge is 0.486 e. The molecule has 8 heteroatoms. The summed E-state index contributed by atoms with van der Waals surface area (Å²) in [4.78, 5) is 10.7. The van der Waals surface area contributed by atoms with Gasteiger partial charge in [0.2, 0.25) is 0 Å². The van der Waals surface area contributed by atoms with Gasteiger partial charge >= 0.3 is 0 Å². The van der Waals surface area contributed by atoms with Gasteiger partial charge in [-0.3, -0.25) is 4.99 Å². The topological polar surface area (TPSA) is 61.8 Å². The van der Waals surface area contributed by atoms with E-state index in [2.05, 4.69) is 20.6 Å². The number of anilines is 1. The van der Waals surface area contributed by atoms with Crippen molar-refractivity contribution in [3.05, 3.63) is 54.0 Å². The summed E-state index contributed by atoms with van der Waals surface area (Å²) in [7, 11) is 5.61. The van der Waals surface area contributed by atoms with Crippen LogP contribution in [0.1, 0.15) is 12.6 Å². The SMILES string of the molecule is CN=C(NCc1cccc(N(C)C)n1)NCC(C)Oc1ccccc1F.I. The molecule has 1 atom stereocenters. The first-order valence-corrected chi connectivity index (χ1v) is 8.48. The molecule has 0 amide bonds. The molecule has 2 rings (SSSR count). The standard InChI is InChI=1S/C19H26FN5O.HI/c1-14(26-17-10-6-5-9-16(17)20)12-22-19(21-2)23-13-15-8-7-11-18(24-15)25(3)4;/h5-11,14H,12-13H2,1-4H3,(H2,21,22,23);1H. The normalized spacial score (nSPS) is 12.0. The van der Waals surface area contributed by atoms with Crippen molar-refractivity contribution < 1.29 is 9.13 Å². The molecule has 2 aromatic rings. The first-order chi connectivity index (χ1) is 12.5. The van der Waals surface area contributed by atoms with Gasteiger partial charge in [-0.25, -0.2) is 9.37 Å². The highest BCUT2D eigenvalue weighted by Gasteiger charge is 2.09. The number of hydrogen-bond acceptors (Lipinski definition) is 4. The maximum absolute atomic E-state index is 13.6. The van der Waals surface area contributed by atoms with E-state index in [0.717, 1.165) is 11.5 Å². The first kappa shape index (κ1) is 22.9. The highest BCUT2D eigenvalue weighted by Crippen LogP contribution is 2.16. The van der Waals surface area contributed by atoms with Crippen LogP contribution in [-0.2, 0) is 6.54 Å². The number of pyridine rings is 1. The van der Waals surface area contributed by atoms with E-state index in [-0.39, 0.29) is 41.6 Å². The number of para-hydroxylation sites is 1. The zero-order valence-corrected chi connectivity index (χ0v) is 18.4. The molecule has 1 aromatic carbocycles. The fourth-order valence-electron chi connectivity index (χ4n) is 2.25. The Bertz CT molecular complexity index is 742. The van der Waals surface area contributed by atoms with Crippen LogP contribution in [0.15, 0.2) is 47.5 Å². The number of aliphatic imine (C=N–C) groups is 1. The number of ether oxygens (including phenoxy) is 1. The lowest BCUT2D eigenvalue weighted by Crippen LogP contribution is -2.41. The van der Waals surface area contributed by atoms with Gasteiger partial charge in [0.15, 0.2) is 17.5 Å². The van der Waals surface area contributed by atoms with Gasteiger partial charge in [-0.05, 0) is 31.2 Å². The molecule has 148 valence electrons. The predicted octanol–water partition coefficient (Wildman–Crippen LogP) is 3.04. The number of nitrogens with one attached hydrogen (secondary N) is 2. The second-order valence-electron chi connectivity index (χ2n) is 6.05. The second kappa shape index (κ2) is 11.6. The fourth-order valence-corrected chi connectivity index (χ4v) is 2.25. The molecule has 0 bridgehead atoms. The van der Waals surface area contributed by atoms with Gasteiger partial charge in [-0.15, -0.1) is 24.0 Å². The van der Waals surface area contributed by atoms with Gasteiger partial charge in [0.25, 0.3) is 0 Å². The Morgan fingerprint density at radius 1 is 1.19 bits per heavy atom. The van der Waals surface area contributed by atoms with Crippen molar-refractivity contribution >= 4 is 35.8 Å². The number of halogens is 2. The van der Waals surface area contributed by atoms with E-state index in [9.17, 15) is 4.39 Å². The molecule has 1 heterocycles. The van der Waals surface area contributed by atoms with Crippen LogP contribution in [0.4, 0.5) is 10.2 Å². The van der Waals surface area contributed by atoms with E-state index in [1.807, 2.05) is 44.1 Å². The van der Waals surface area contributed by atoms with Crippen molar-refractivity contribution in [1.82, 2.24) is 15.6 Å². The quantitative estimate of drug-likeness (QED) is 0.357. The molecule has 0 fully saturated rings. The van der Waals surface area contributed by atoms with Gasteiger partial charge in [-0.1, -0.05) is 18.2 Å². The average molecular weight is 487 g/mol. The molecule has 1 aromatic heterocycles. The minimum atomic E-state index is -0.367. The van der Waals surface area contributed by atoms with Gasteiger partial charge in [0, 0.05) is 21.1 Å². The number of rotatable bonds is 7. The van der Waals surface area contributed by atoms with Crippen LogP contribution in [0.5, 0.6) is 5.75 Å². The number of aromatic nitrogens is 1. The monoisotopic (exact) mass is 487 g/mol. The third-order valence-corrected chi connectivity index (χ3v) is 3.63. The third-order valence-electron chi connectivity index (χ3n) is 3.63. The zero-order valence-electron chi connectivity index (χ0n) is 16.1. The maximum Gasteiger partial charge on any atom is 0.191 e. The fraction of sp³-hybridized carbons (Fsp3) is 0.368. The van der Waals surface area contributed by atoms with E-state index in [1.165, 1.54) is 6.07 Å². The molecule has 0 radical (unpaired) electrons. The molecular weight excluding hydrogens is 460 g/mol.